The molecule has 0 fully saturated rings. The van der Waals surface area contributed by atoms with Crippen LogP contribution in [0.4, 0.5) is 13.2 Å². The number of ether oxygens (including phenoxy) is 2. The van der Waals surface area contributed by atoms with E-state index in [1.807, 2.05) is 0 Å². The van der Waals surface area contributed by atoms with E-state index in [-0.39, 0.29) is 40.6 Å². The van der Waals surface area contributed by atoms with E-state index in [1.54, 1.807) is 6.92 Å². The summed E-state index contributed by atoms with van der Waals surface area (Å²) in [7, 11) is 1.23. The molecule has 0 unspecified atom stereocenters. The molecule has 3 nitrogen and oxygen atoms in total. The first-order valence-electron chi connectivity index (χ1n) is 7.58. The molecule has 0 radical (unpaired) electrons. The molecule has 0 aliphatic carbocycles. The second-order valence-corrected chi connectivity index (χ2v) is 6.07. The van der Waals surface area contributed by atoms with Gasteiger partial charge in [0.15, 0.2) is 11.6 Å². The summed E-state index contributed by atoms with van der Waals surface area (Å²) in [4.78, 5) is 11.5. The molecular formula is C18H17F3O3S. The maximum atomic E-state index is 14.3. The van der Waals surface area contributed by atoms with Crippen LogP contribution in [0.1, 0.15) is 13.3 Å². The minimum absolute atomic E-state index is 0.0727. The Bertz CT molecular complexity index is 765. The van der Waals surface area contributed by atoms with E-state index in [0.717, 1.165) is 11.8 Å². The lowest BCUT2D eigenvalue weighted by atomic mass is 10.0. The lowest BCUT2D eigenvalue weighted by molar-refractivity contribution is -0.142. The van der Waals surface area contributed by atoms with Gasteiger partial charge in [0, 0.05) is 16.9 Å². The summed E-state index contributed by atoms with van der Waals surface area (Å²) >= 11 is 1.05. The quantitative estimate of drug-likeness (QED) is 0.517. The molecule has 7 heteroatoms. The lowest BCUT2D eigenvalue weighted by Gasteiger charge is -2.13. The van der Waals surface area contributed by atoms with Crippen molar-refractivity contribution in [2.45, 2.75) is 18.2 Å². The summed E-state index contributed by atoms with van der Waals surface area (Å²) < 4.78 is 52.1. The van der Waals surface area contributed by atoms with Crippen LogP contribution in [-0.4, -0.2) is 25.4 Å². The third kappa shape index (κ3) is 4.48. The predicted octanol–water partition coefficient (Wildman–Crippen LogP) is 4.82. The van der Waals surface area contributed by atoms with Crippen LogP contribution in [0.2, 0.25) is 0 Å². The Morgan fingerprint density at radius 2 is 1.84 bits per heavy atom. The second-order valence-electron chi connectivity index (χ2n) is 4.96. The number of methoxy groups -OCH3 is 1. The van der Waals surface area contributed by atoms with Gasteiger partial charge in [-0.15, -0.1) is 11.8 Å². The number of hydrogen-bond donors (Lipinski definition) is 0. The largest absolute Gasteiger partial charge is 0.494 e. The van der Waals surface area contributed by atoms with E-state index in [2.05, 4.69) is 0 Å². The maximum Gasteiger partial charge on any atom is 0.306 e. The monoisotopic (exact) mass is 370 g/mol. The van der Waals surface area contributed by atoms with E-state index >= 15 is 0 Å². The number of carbonyl (C=O) groups excluding carboxylic acids is 1. The summed E-state index contributed by atoms with van der Waals surface area (Å²) in [6.07, 6.45) is 0.0890. The van der Waals surface area contributed by atoms with Gasteiger partial charge >= 0.3 is 5.97 Å². The number of carbonyl (C=O) groups is 1. The van der Waals surface area contributed by atoms with Crippen LogP contribution in [0.5, 0.6) is 5.75 Å². The molecule has 134 valence electrons. The number of thioether (sulfide) groups is 1. The highest BCUT2D eigenvalue weighted by atomic mass is 32.2. The van der Waals surface area contributed by atoms with E-state index in [0.29, 0.717) is 0 Å². The maximum absolute atomic E-state index is 14.3. The first-order valence-corrected chi connectivity index (χ1v) is 8.57. The third-order valence-electron chi connectivity index (χ3n) is 3.38. The molecule has 25 heavy (non-hydrogen) atoms. The predicted molar refractivity (Wildman–Crippen MR) is 90.3 cm³/mol. The average Bonchev–Trinajstić information content (AvgIpc) is 2.59. The van der Waals surface area contributed by atoms with Gasteiger partial charge in [0.1, 0.15) is 5.82 Å². The molecule has 0 atom stereocenters. The van der Waals surface area contributed by atoms with Crippen molar-refractivity contribution in [2.24, 2.45) is 0 Å². The van der Waals surface area contributed by atoms with E-state index < -0.39 is 23.4 Å². The summed E-state index contributed by atoms with van der Waals surface area (Å²) in [6.45, 7) is 1.96. The van der Waals surface area contributed by atoms with Gasteiger partial charge in [-0.05, 0) is 25.1 Å². The smallest absolute Gasteiger partial charge is 0.306 e. The summed E-state index contributed by atoms with van der Waals surface area (Å²) in [6, 6.07) is 6.77. The molecule has 0 aliphatic heterocycles. The fourth-order valence-electron chi connectivity index (χ4n) is 2.23. The van der Waals surface area contributed by atoms with Crippen molar-refractivity contribution in [3.8, 4) is 16.9 Å². The molecule has 0 amide bonds. The molecule has 2 aromatic rings. The highest BCUT2D eigenvalue weighted by Gasteiger charge is 2.19. The molecule has 0 heterocycles. The van der Waals surface area contributed by atoms with Crippen molar-refractivity contribution in [1.29, 1.82) is 0 Å². The Kier molecular flexibility index (Phi) is 6.75. The molecular weight excluding hydrogens is 353 g/mol. The minimum atomic E-state index is -1.13. The lowest BCUT2D eigenvalue weighted by Crippen LogP contribution is -2.05. The van der Waals surface area contributed by atoms with Crippen molar-refractivity contribution in [1.82, 2.24) is 0 Å². The van der Waals surface area contributed by atoms with Gasteiger partial charge in [0.05, 0.1) is 25.0 Å². The summed E-state index contributed by atoms with van der Waals surface area (Å²) in [5.41, 5.74) is 0.143. The van der Waals surface area contributed by atoms with Crippen LogP contribution in [-0.2, 0) is 9.53 Å². The summed E-state index contributed by atoms with van der Waals surface area (Å²) in [5.74, 6) is -3.18. The zero-order chi connectivity index (χ0) is 18.4. The van der Waals surface area contributed by atoms with Crippen molar-refractivity contribution < 1.29 is 27.4 Å². The van der Waals surface area contributed by atoms with Crippen molar-refractivity contribution in [2.75, 3.05) is 19.5 Å². The molecule has 0 spiro atoms. The Labute approximate surface area is 148 Å². The van der Waals surface area contributed by atoms with Crippen LogP contribution < -0.4 is 4.74 Å². The van der Waals surface area contributed by atoms with Crippen LogP contribution in [0, 0.1) is 17.5 Å². The van der Waals surface area contributed by atoms with Gasteiger partial charge in [-0.3, -0.25) is 4.79 Å². The molecule has 2 rings (SSSR count). The average molecular weight is 370 g/mol. The van der Waals surface area contributed by atoms with Gasteiger partial charge in [-0.25, -0.2) is 8.78 Å². The van der Waals surface area contributed by atoms with Gasteiger partial charge in [0.2, 0.25) is 5.82 Å². The van der Waals surface area contributed by atoms with Crippen molar-refractivity contribution >= 4 is 17.7 Å². The first-order chi connectivity index (χ1) is 12.0. The summed E-state index contributed by atoms with van der Waals surface area (Å²) in [5, 5.41) is 0. The molecule has 0 saturated carbocycles. The minimum Gasteiger partial charge on any atom is -0.494 e. The third-order valence-corrected chi connectivity index (χ3v) is 4.49. The van der Waals surface area contributed by atoms with Crippen LogP contribution in [0.3, 0.4) is 0 Å². The van der Waals surface area contributed by atoms with Gasteiger partial charge in [-0.1, -0.05) is 12.1 Å². The van der Waals surface area contributed by atoms with E-state index in [4.69, 9.17) is 9.47 Å². The van der Waals surface area contributed by atoms with Crippen LogP contribution in [0.15, 0.2) is 35.2 Å². The molecule has 0 N–H and O–H groups in total. The van der Waals surface area contributed by atoms with Crippen molar-refractivity contribution in [3.05, 3.63) is 47.8 Å². The zero-order valence-electron chi connectivity index (χ0n) is 13.8. The van der Waals surface area contributed by atoms with Crippen LogP contribution in [0.25, 0.3) is 11.1 Å². The number of halogens is 3. The Hall–Kier alpha value is -2.15. The Morgan fingerprint density at radius 3 is 2.52 bits per heavy atom. The molecule has 2 aromatic carbocycles. The van der Waals surface area contributed by atoms with Gasteiger partial charge in [0.25, 0.3) is 0 Å². The van der Waals surface area contributed by atoms with Gasteiger partial charge < -0.3 is 9.47 Å². The van der Waals surface area contributed by atoms with Crippen molar-refractivity contribution in [3.63, 3.8) is 0 Å². The molecule has 0 aromatic heterocycles. The molecule has 0 bridgehead atoms. The number of esters is 1. The van der Waals surface area contributed by atoms with E-state index in [1.165, 1.54) is 37.4 Å². The highest BCUT2D eigenvalue weighted by molar-refractivity contribution is 7.99. The highest BCUT2D eigenvalue weighted by Crippen LogP contribution is 2.37. The fraction of sp³-hybridized carbons (Fsp3) is 0.278. The number of benzene rings is 2. The molecule has 0 saturated heterocycles. The topological polar surface area (TPSA) is 35.5 Å². The van der Waals surface area contributed by atoms with Gasteiger partial charge in [-0.2, -0.15) is 4.39 Å². The second kappa shape index (κ2) is 8.80. The van der Waals surface area contributed by atoms with E-state index in [9.17, 15) is 18.0 Å². The standard InChI is InChI=1S/C18H17F3O3S/c1-3-24-15(22)9-10-25-18-12(5-4-6-13(18)19)11-7-8-14(23-2)17(21)16(11)20/h4-8H,3,9-10H2,1-2H3. The first kappa shape index (κ1) is 19.2. The SMILES string of the molecule is CCOC(=O)CCSc1c(F)cccc1-c1ccc(OC)c(F)c1F. The number of rotatable bonds is 7. The normalized spacial score (nSPS) is 10.6. The Morgan fingerprint density at radius 1 is 1.08 bits per heavy atom. The Balaban J connectivity index is 2.32. The number of hydrogen-bond acceptors (Lipinski definition) is 4. The zero-order valence-corrected chi connectivity index (χ0v) is 14.6. The van der Waals surface area contributed by atoms with Crippen LogP contribution >= 0.6 is 11.8 Å². The fourth-order valence-corrected chi connectivity index (χ4v) is 3.25. The molecule has 0 aliphatic rings.